The lowest BCUT2D eigenvalue weighted by atomic mass is 10.3. The second-order valence-electron chi connectivity index (χ2n) is 5.65. The molecule has 0 heterocycles. The fourth-order valence-electron chi connectivity index (χ4n) is 2.10. The summed E-state index contributed by atoms with van der Waals surface area (Å²) in [4.78, 5) is 23.6. The zero-order valence-corrected chi connectivity index (χ0v) is 15.1. The molecular weight excluding hydrogens is 380 g/mol. The Bertz CT molecular complexity index is 929. The van der Waals surface area contributed by atoms with E-state index >= 15 is 0 Å². The average Bonchev–Trinajstić information content (AvgIpc) is 2.60. The largest absolute Gasteiger partial charge is 0.453 e. The van der Waals surface area contributed by atoms with Gasteiger partial charge in [0.05, 0.1) is 17.1 Å². The molecule has 1 amide bonds. The van der Waals surface area contributed by atoms with Crippen LogP contribution in [0.2, 0.25) is 0 Å². The zero-order valence-electron chi connectivity index (χ0n) is 14.3. The van der Waals surface area contributed by atoms with Crippen LogP contribution in [0.1, 0.15) is 13.3 Å². The minimum Gasteiger partial charge on any atom is -0.453 e. The van der Waals surface area contributed by atoms with Crippen LogP contribution in [0, 0.1) is 11.6 Å². The summed E-state index contributed by atoms with van der Waals surface area (Å²) in [6, 6.07) is 9.39. The molecule has 9 heteroatoms. The van der Waals surface area contributed by atoms with Gasteiger partial charge in [0, 0.05) is 5.69 Å². The van der Waals surface area contributed by atoms with Crippen molar-refractivity contribution in [3.05, 3.63) is 60.2 Å². The molecule has 0 saturated carbocycles. The van der Waals surface area contributed by atoms with Crippen LogP contribution in [-0.4, -0.2) is 32.2 Å². The van der Waals surface area contributed by atoms with Gasteiger partial charge in [-0.2, -0.15) is 0 Å². The molecule has 1 N–H and O–H groups in total. The summed E-state index contributed by atoms with van der Waals surface area (Å²) in [5.74, 6) is -3.23. The molecule has 2 rings (SSSR count). The Labute approximate surface area is 155 Å². The molecule has 0 saturated heterocycles. The van der Waals surface area contributed by atoms with Crippen LogP contribution in [0.4, 0.5) is 14.5 Å². The minimum atomic E-state index is -3.79. The summed E-state index contributed by atoms with van der Waals surface area (Å²) in [5, 5.41) is 2.38. The first-order valence-electron chi connectivity index (χ1n) is 7.91. The van der Waals surface area contributed by atoms with Gasteiger partial charge in [-0.25, -0.2) is 17.2 Å². The van der Waals surface area contributed by atoms with Crippen LogP contribution in [-0.2, 0) is 24.2 Å². The van der Waals surface area contributed by atoms with E-state index in [0.717, 1.165) is 30.3 Å². The molecule has 6 nitrogen and oxygen atoms in total. The van der Waals surface area contributed by atoms with E-state index < -0.39 is 51.6 Å². The van der Waals surface area contributed by atoms with E-state index in [-0.39, 0.29) is 10.6 Å². The number of carbonyl (C=O) groups is 2. The molecule has 0 aromatic heterocycles. The summed E-state index contributed by atoms with van der Waals surface area (Å²) in [6.07, 6.45) is -1.67. The molecule has 0 spiro atoms. The Balaban J connectivity index is 1.87. The summed E-state index contributed by atoms with van der Waals surface area (Å²) in [7, 11) is -3.79. The molecular formula is C18H17F2NO5S. The average molecular weight is 397 g/mol. The highest BCUT2D eigenvalue weighted by Crippen LogP contribution is 2.14. The molecule has 0 radical (unpaired) electrons. The van der Waals surface area contributed by atoms with E-state index in [9.17, 15) is 26.8 Å². The van der Waals surface area contributed by atoms with Gasteiger partial charge < -0.3 is 10.1 Å². The maximum atomic E-state index is 13.1. The van der Waals surface area contributed by atoms with Gasteiger partial charge in [-0.1, -0.05) is 6.07 Å². The third-order valence-corrected chi connectivity index (χ3v) is 5.25. The Morgan fingerprint density at radius 1 is 1.07 bits per heavy atom. The number of benzene rings is 2. The van der Waals surface area contributed by atoms with Crippen LogP contribution in [0.25, 0.3) is 0 Å². The summed E-state index contributed by atoms with van der Waals surface area (Å²) in [5.41, 5.74) is 0.196. The smallest absolute Gasteiger partial charge is 0.307 e. The predicted octanol–water partition coefficient (Wildman–Crippen LogP) is 2.70. The second-order valence-corrected chi connectivity index (χ2v) is 7.76. The number of hydrogen-bond acceptors (Lipinski definition) is 5. The van der Waals surface area contributed by atoms with E-state index in [1.54, 1.807) is 0 Å². The number of nitrogens with one attached hydrogen (secondary N) is 1. The summed E-state index contributed by atoms with van der Waals surface area (Å²) in [6.45, 7) is 1.31. The van der Waals surface area contributed by atoms with Gasteiger partial charge >= 0.3 is 5.97 Å². The van der Waals surface area contributed by atoms with Crippen molar-refractivity contribution in [2.45, 2.75) is 24.3 Å². The highest BCUT2D eigenvalue weighted by molar-refractivity contribution is 7.91. The van der Waals surface area contributed by atoms with Gasteiger partial charge in [0.2, 0.25) is 0 Å². The molecule has 0 aliphatic rings. The molecule has 0 aliphatic carbocycles. The van der Waals surface area contributed by atoms with Crippen molar-refractivity contribution in [3.8, 4) is 0 Å². The van der Waals surface area contributed by atoms with E-state index in [2.05, 4.69) is 5.32 Å². The SMILES string of the molecule is C[C@H](OC(=O)CCS(=O)(=O)c1ccc(F)cc1)C(=O)Nc1cccc(F)c1. The fourth-order valence-corrected chi connectivity index (χ4v) is 3.32. The summed E-state index contributed by atoms with van der Waals surface area (Å²) >= 11 is 0. The zero-order chi connectivity index (χ0) is 20.0. The van der Waals surface area contributed by atoms with Gasteiger partial charge in [0.1, 0.15) is 11.6 Å². The molecule has 0 unspecified atom stereocenters. The first kappa shape index (κ1) is 20.5. The van der Waals surface area contributed by atoms with Crippen molar-refractivity contribution < 1.29 is 31.5 Å². The first-order chi connectivity index (χ1) is 12.7. The van der Waals surface area contributed by atoms with Gasteiger partial charge in [-0.05, 0) is 49.4 Å². The van der Waals surface area contributed by atoms with E-state index in [0.29, 0.717) is 0 Å². The number of halogens is 2. The number of amides is 1. The van der Waals surface area contributed by atoms with Gasteiger partial charge in [0.25, 0.3) is 5.91 Å². The van der Waals surface area contributed by atoms with Crippen LogP contribution in [0.3, 0.4) is 0 Å². The van der Waals surface area contributed by atoms with E-state index in [1.165, 1.54) is 25.1 Å². The lowest BCUT2D eigenvalue weighted by Crippen LogP contribution is -2.30. The third-order valence-electron chi connectivity index (χ3n) is 3.52. The lowest BCUT2D eigenvalue weighted by molar-refractivity contribution is -0.152. The van der Waals surface area contributed by atoms with Crippen molar-refractivity contribution in [2.75, 3.05) is 11.1 Å². The molecule has 144 valence electrons. The van der Waals surface area contributed by atoms with Crippen molar-refractivity contribution in [1.82, 2.24) is 0 Å². The minimum absolute atomic E-state index is 0.117. The second kappa shape index (κ2) is 8.72. The standard InChI is InChI=1S/C18H17F2NO5S/c1-12(18(23)21-15-4-2-3-14(20)11-15)26-17(22)9-10-27(24,25)16-7-5-13(19)6-8-16/h2-8,11-12H,9-10H2,1H3,(H,21,23)/t12-/m0/s1. The molecule has 1 atom stereocenters. The molecule has 0 bridgehead atoms. The number of esters is 1. The number of ether oxygens (including phenoxy) is 1. The van der Waals surface area contributed by atoms with Gasteiger partial charge in [-0.15, -0.1) is 0 Å². The summed E-state index contributed by atoms with van der Waals surface area (Å²) < 4.78 is 55.0. The van der Waals surface area contributed by atoms with Crippen LogP contribution in [0.5, 0.6) is 0 Å². The van der Waals surface area contributed by atoms with Crippen molar-refractivity contribution in [1.29, 1.82) is 0 Å². The molecule has 27 heavy (non-hydrogen) atoms. The molecule has 2 aromatic carbocycles. The Morgan fingerprint density at radius 3 is 2.37 bits per heavy atom. The lowest BCUT2D eigenvalue weighted by Gasteiger charge is -2.13. The molecule has 2 aromatic rings. The van der Waals surface area contributed by atoms with Crippen molar-refractivity contribution in [2.24, 2.45) is 0 Å². The maximum Gasteiger partial charge on any atom is 0.307 e. The molecule has 0 aliphatic heterocycles. The van der Waals surface area contributed by atoms with Gasteiger partial charge in [0.15, 0.2) is 15.9 Å². The number of carbonyl (C=O) groups excluding carboxylic acids is 2. The molecule has 0 fully saturated rings. The highest BCUT2D eigenvalue weighted by atomic mass is 32.2. The van der Waals surface area contributed by atoms with Crippen molar-refractivity contribution in [3.63, 3.8) is 0 Å². The number of sulfone groups is 1. The highest BCUT2D eigenvalue weighted by Gasteiger charge is 2.21. The third kappa shape index (κ3) is 6.14. The number of hydrogen-bond donors (Lipinski definition) is 1. The predicted molar refractivity (Wildman–Crippen MR) is 93.7 cm³/mol. The number of rotatable bonds is 7. The Hall–Kier alpha value is -2.81. The fraction of sp³-hybridized carbons (Fsp3) is 0.222. The monoisotopic (exact) mass is 397 g/mol. The maximum absolute atomic E-state index is 13.1. The topological polar surface area (TPSA) is 89.5 Å². The van der Waals surface area contributed by atoms with E-state index in [4.69, 9.17) is 4.74 Å². The quantitative estimate of drug-likeness (QED) is 0.573. The Morgan fingerprint density at radius 2 is 1.74 bits per heavy atom. The van der Waals surface area contributed by atoms with Crippen LogP contribution in [0.15, 0.2) is 53.4 Å². The van der Waals surface area contributed by atoms with Crippen LogP contribution < -0.4 is 5.32 Å². The van der Waals surface area contributed by atoms with Gasteiger partial charge in [-0.3, -0.25) is 9.59 Å². The van der Waals surface area contributed by atoms with Crippen molar-refractivity contribution >= 4 is 27.4 Å². The number of anilines is 1. The first-order valence-corrected chi connectivity index (χ1v) is 9.57. The Kier molecular flexibility index (Phi) is 6.62. The van der Waals surface area contributed by atoms with E-state index in [1.807, 2.05) is 0 Å². The van der Waals surface area contributed by atoms with Crippen LogP contribution >= 0.6 is 0 Å². The normalized spacial score (nSPS) is 12.3.